The Morgan fingerprint density at radius 1 is 1.23 bits per heavy atom. The Bertz CT molecular complexity index is 463. The number of benzene rings is 1. The minimum Gasteiger partial charge on any atom is -0.369 e. The van der Waals surface area contributed by atoms with Gasteiger partial charge in [-0.05, 0) is 54.8 Å². The van der Waals surface area contributed by atoms with Crippen LogP contribution in [0.15, 0.2) is 18.2 Å². The molecule has 1 aromatic carbocycles. The van der Waals surface area contributed by atoms with Gasteiger partial charge in [0.1, 0.15) is 5.82 Å². The van der Waals surface area contributed by atoms with Crippen LogP contribution in [-0.4, -0.2) is 19.6 Å². The van der Waals surface area contributed by atoms with Gasteiger partial charge in [-0.1, -0.05) is 33.8 Å². The highest BCUT2D eigenvalue weighted by Crippen LogP contribution is 2.28. The molecule has 22 heavy (non-hydrogen) atoms. The third-order valence-corrected chi connectivity index (χ3v) is 4.45. The zero-order valence-electron chi connectivity index (χ0n) is 14.5. The van der Waals surface area contributed by atoms with Crippen molar-refractivity contribution in [2.75, 3.05) is 24.5 Å². The van der Waals surface area contributed by atoms with Crippen LogP contribution in [0.2, 0.25) is 0 Å². The Morgan fingerprint density at radius 3 is 2.55 bits per heavy atom. The quantitative estimate of drug-likeness (QED) is 0.781. The lowest BCUT2D eigenvalue weighted by Gasteiger charge is -2.37. The molecule has 1 N–H and O–H groups in total. The Labute approximate surface area is 135 Å². The molecule has 0 amide bonds. The fourth-order valence-electron chi connectivity index (χ4n) is 3.39. The van der Waals surface area contributed by atoms with Crippen molar-refractivity contribution >= 4 is 5.69 Å². The van der Waals surface area contributed by atoms with Gasteiger partial charge in [-0.2, -0.15) is 0 Å². The van der Waals surface area contributed by atoms with E-state index in [1.54, 1.807) is 6.07 Å². The smallest absolute Gasteiger partial charge is 0.146 e. The lowest BCUT2D eigenvalue weighted by molar-refractivity contribution is 0.354. The van der Waals surface area contributed by atoms with Crippen molar-refractivity contribution in [3.05, 3.63) is 29.6 Å². The molecule has 2 nitrogen and oxygen atoms in total. The number of halogens is 1. The van der Waals surface area contributed by atoms with Gasteiger partial charge >= 0.3 is 0 Å². The van der Waals surface area contributed by atoms with E-state index in [-0.39, 0.29) is 5.82 Å². The van der Waals surface area contributed by atoms with Crippen molar-refractivity contribution in [1.29, 1.82) is 0 Å². The van der Waals surface area contributed by atoms with E-state index in [2.05, 4.69) is 37.9 Å². The molecule has 0 saturated carbocycles. The van der Waals surface area contributed by atoms with Crippen LogP contribution in [0.3, 0.4) is 0 Å². The number of nitrogens with zero attached hydrogens (tertiary/aromatic N) is 1. The molecule has 0 aromatic heterocycles. The summed E-state index contributed by atoms with van der Waals surface area (Å²) >= 11 is 0. The molecule has 2 rings (SSSR count). The number of nitrogens with one attached hydrogen (secondary N) is 1. The zero-order valence-corrected chi connectivity index (χ0v) is 14.5. The first-order chi connectivity index (χ1) is 10.5. The summed E-state index contributed by atoms with van der Waals surface area (Å²) in [5, 5.41) is 3.46. The van der Waals surface area contributed by atoms with E-state index in [0.717, 1.165) is 31.9 Å². The molecule has 0 radical (unpaired) electrons. The monoisotopic (exact) mass is 306 g/mol. The van der Waals surface area contributed by atoms with Gasteiger partial charge in [0.15, 0.2) is 0 Å². The van der Waals surface area contributed by atoms with Crippen LogP contribution in [0.4, 0.5) is 10.1 Å². The maximum absolute atomic E-state index is 14.2. The van der Waals surface area contributed by atoms with E-state index in [9.17, 15) is 4.39 Å². The van der Waals surface area contributed by atoms with Crippen molar-refractivity contribution in [1.82, 2.24) is 5.32 Å². The summed E-state index contributed by atoms with van der Waals surface area (Å²) in [6, 6.07) is 5.55. The first-order valence-electron chi connectivity index (χ1n) is 8.69. The molecule has 2 unspecified atom stereocenters. The van der Waals surface area contributed by atoms with Gasteiger partial charge in [-0.25, -0.2) is 4.39 Å². The van der Waals surface area contributed by atoms with Gasteiger partial charge in [0.25, 0.3) is 0 Å². The average Bonchev–Trinajstić information content (AvgIpc) is 2.44. The molecular formula is C19H31FN2. The highest BCUT2D eigenvalue weighted by atomic mass is 19.1. The van der Waals surface area contributed by atoms with Gasteiger partial charge in [0.05, 0.1) is 5.69 Å². The normalized spacial score (nSPS) is 22.4. The summed E-state index contributed by atoms with van der Waals surface area (Å²) in [5.41, 5.74) is 1.95. The lowest BCUT2D eigenvalue weighted by Crippen LogP contribution is -2.39. The summed E-state index contributed by atoms with van der Waals surface area (Å²) in [6.45, 7) is 12.8. The Hall–Kier alpha value is -1.09. The van der Waals surface area contributed by atoms with Gasteiger partial charge in [-0.3, -0.25) is 0 Å². The van der Waals surface area contributed by atoms with Crippen LogP contribution >= 0.6 is 0 Å². The number of piperidine rings is 1. The first-order valence-corrected chi connectivity index (χ1v) is 8.69. The minimum atomic E-state index is -0.0905. The summed E-state index contributed by atoms with van der Waals surface area (Å²) in [5.74, 6) is 1.90. The van der Waals surface area contributed by atoms with Crippen molar-refractivity contribution in [3.8, 4) is 0 Å². The van der Waals surface area contributed by atoms with Gasteiger partial charge < -0.3 is 10.2 Å². The van der Waals surface area contributed by atoms with Crippen LogP contribution in [0.25, 0.3) is 0 Å². The molecule has 124 valence electrons. The second-order valence-electron chi connectivity index (χ2n) is 7.50. The SMILES string of the molecule is CC(C)CCNCc1ccc(F)c(N2CC(C)CC(C)C2)c1. The predicted molar refractivity (Wildman–Crippen MR) is 92.7 cm³/mol. The molecule has 1 aliphatic rings. The maximum Gasteiger partial charge on any atom is 0.146 e. The van der Waals surface area contributed by atoms with Crippen molar-refractivity contribution in [2.24, 2.45) is 17.8 Å². The second-order valence-corrected chi connectivity index (χ2v) is 7.50. The first kappa shape index (κ1) is 17.3. The van der Waals surface area contributed by atoms with Crippen molar-refractivity contribution < 1.29 is 4.39 Å². The molecule has 1 saturated heterocycles. The fourth-order valence-corrected chi connectivity index (χ4v) is 3.39. The topological polar surface area (TPSA) is 15.3 Å². The average molecular weight is 306 g/mol. The van der Waals surface area contributed by atoms with Crippen LogP contribution in [0, 0.1) is 23.6 Å². The minimum absolute atomic E-state index is 0.0905. The molecule has 0 aliphatic carbocycles. The number of rotatable bonds is 6. The molecular weight excluding hydrogens is 275 g/mol. The highest BCUT2D eigenvalue weighted by molar-refractivity contribution is 5.50. The Morgan fingerprint density at radius 2 is 1.91 bits per heavy atom. The van der Waals surface area contributed by atoms with E-state index in [0.29, 0.717) is 17.8 Å². The molecule has 1 heterocycles. The van der Waals surface area contributed by atoms with Crippen LogP contribution in [0.5, 0.6) is 0 Å². The van der Waals surface area contributed by atoms with Gasteiger partial charge in [0, 0.05) is 19.6 Å². The number of anilines is 1. The van der Waals surface area contributed by atoms with E-state index in [1.165, 1.54) is 18.4 Å². The van der Waals surface area contributed by atoms with Crippen molar-refractivity contribution in [2.45, 2.75) is 47.1 Å². The third kappa shape index (κ3) is 4.98. The van der Waals surface area contributed by atoms with E-state index in [1.807, 2.05) is 12.1 Å². The molecule has 1 aliphatic heterocycles. The summed E-state index contributed by atoms with van der Waals surface area (Å²) in [7, 11) is 0. The molecule has 1 aromatic rings. The van der Waals surface area contributed by atoms with Gasteiger partial charge in [-0.15, -0.1) is 0 Å². The molecule has 3 heteroatoms. The molecule has 2 atom stereocenters. The predicted octanol–water partition coefficient (Wildman–Crippen LogP) is 4.44. The van der Waals surface area contributed by atoms with Crippen LogP contribution in [0.1, 0.15) is 46.1 Å². The van der Waals surface area contributed by atoms with E-state index >= 15 is 0 Å². The molecule has 1 fully saturated rings. The van der Waals surface area contributed by atoms with Crippen molar-refractivity contribution in [3.63, 3.8) is 0 Å². The van der Waals surface area contributed by atoms with E-state index < -0.39 is 0 Å². The maximum atomic E-state index is 14.2. The summed E-state index contributed by atoms with van der Waals surface area (Å²) in [4.78, 5) is 2.23. The number of hydrogen-bond acceptors (Lipinski definition) is 2. The molecule has 0 bridgehead atoms. The van der Waals surface area contributed by atoms with E-state index in [4.69, 9.17) is 0 Å². The lowest BCUT2D eigenvalue weighted by atomic mass is 9.91. The Balaban J connectivity index is 2.00. The highest BCUT2D eigenvalue weighted by Gasteiger charge is 2.23. The van der Waals surface area contributed by atoms with Crippen LogP contribution in [-0.2, 0) is 6.54 Å². The largest absolute Gasteiger partial charge is 0.369 e. The zero-order chi connectivity index (χ0) is 16.1. The molecule has 0 spiro atoms. The van der Waals surface area contributed by atoms with Crippen LogP contribution < -0.4 is 10.2 Å². The standard InChI is InChI=1S/C19H31FN2/c1-14(2)7-8-21-11-17-5-6-18(20)19(10-17)22-12-15(3)9-16(4)13-22/h5-6,10,14-16,21H,7-9,11-13H2,1-4H3. The third-order valence-electron chi connectivity index (χ3n) is 4.45. The number of hydrogen-bond donors (Lipinski definition) is 1. The Kier molecular flexibility index (Phi) is 6.25. The summed E-state index contributed by atoms with van der Waals surface area (Å²) in [6.07, 6.45) is 2.42. The van der Waals surface area contributed by atoms with Gasteiger partial charge in [0.2, 0.25) is 0 Å². The second kappa shape index (κ2) is 7.96. The fraction of sp³-hybridized carbons (Fsp3) is 0.684. The summed E-state index contributed by atoms with van der Waals surface area (Å²) < 4.78 is 14.2.